The van der Waals surface area contributed by atoms with E-state index in [4.69, 9.17) is 0 Å². The van der Waals surface area contributed by atoms with Gasteiger partial charge in [0.15, 0.2) is 9.84 Å². The molecular formula is C9H11N3O2S. The first kappa shape index (κ1) is 10.1. The predicted octanol–water partition coefficient (Wildman–Crippen LogP) is 0.508. The third-order valence-corrected chi connectivity index (χ3v) is 3.45. The lowest BCUT2D eigenvalue weighted by Gasteiger charge is -2.09. The highest BCUT2D eigenvalue weighted by molar-refractivity contribution is 7.94. The molecule has 0 radical (unpaired) electrons. The molecule has 0 aromatic carbocycles. The van der Waals surface area contributed by atoms with Crippen molar-refractivity contribution in [2.24, 2.45) is 0 Å². The summed E-state index contributed by atoms with van der Waals surface area (Å²) in [6.07, 6.45) is 3.27. The first-order valence-electron chi connectivity index (χ1n) is 4.52. The molecular weight excluding hydrogens is 214 g/mol. The molecule has 15 heavy (non-hydrogen) atoms. The lowest BCUT2D eigenvalue weighted by atomic mass is 10.3. The number of rotatable bonds is 2. The molecule has 0 fully saturated rings. The summed E-state index contributed by atoms with van der Waals surface area (Å²) in [5.41, 5.74) is 0.984. The molecule has 2 rings (SSSR count). The van der Waals surface area contributed by atoms with E-state index in [1.807, 2.05) is 13.0 Å². The Bertz CT molecular complexity index is 496. The Morgan fingerprint density at radius 2 is 2.33 bits per heavy atom. The maximum atomic E-state index is 11.1. The fourth-order valence-corrected chi connectivity index (χ4v) is 2.63. The van der Waals surface area contributed by atoms with Gasteiger partial charge in [-0.15, -0.1) is 5.10 Å². The highest BCUT2D eigenvalue weighted by atomic mass is 32.2. The fourth-order valence-electron chi connectivity index (χ4n) is 1.39. The number of aryl methyl sites for hydroxylation is 1. The average Bonchev–Trinajstić information content (AvgIpc) is 2.45. The SMILES string of the molecule is Cc1cnnc(NC2C=CS(=O)(=O)C2)c1. The molecule has 0 amide bonds. The molecule has 2 heterocycles. The van der Waals surface area contributed by atoms with Crippen LogP contribution < -0.4 is 5.32 Å². The van der Waals surface area contributed by atoms with Gasteiger partial charge in [0.2, 0.25) is 0 Å². The normalized spacial score (nSPS) is 22.9. The fraction of sp³-hybridized carbons (Fsp3) is 0.333. The molecule has 0 aliphatic carbocycles. The zero-order valence-electron chi connectivity index (χ0n) is 8.21. The van der Waals surface area contributed by atoms with Gasteiger partial charge in [-0.1, -0.05) is 0 Å². The van der Waals surface area contributed by atoms with Gasteiger partial charge in [-0.05, 0) is 24.6 Å². The number of hydrogen-bond acceptors (Lipinski definition) is 5. The lowest BCUT2D eigenvalue weighted by molar-refractivity contribution is 0.605. The molecule has 1 unspecified atom stereocenters. The van der Waals surface area contributed by atoms with E-state index in [9.17, 15) is 8.42 Å². The summed E-state index contributed by atoms with van der Waals surface area (Å²) in [7, 11) is -3.02. The van der Waals surface area contributed by atoms with E-state index in [1.165, 1.54) is 5.41 Å². The zero-order chi connectivity index (χ0) is 10.9. The number of anilines is 1. The van der Waals surface area contributed by atoms with E-state index in [2.05, 4.69) is 15.5 Å². The highest BCUT2D eigenvalue weighted by Crippen LogP contribution is 2.13. The minimum atomic E-state index is -3.02. The van der Waals surface area contributed by atoms with Gasteiger partial charge < -0.3 is 5.32 Å². The molecule has 1 atom stereocenters. The number of aromatic nitrogens is 2. The van der Waals surface area contributed by atoms with Crippen molar-refractivity contribution in [3.8, 4) is 0 Å². The Balaban J connectivity index is 2.09. The number of sulfone groups is 1. The molecule has 0 bridgehead atoms. The first-order chi connectivity index (χ1) is 7.05. The molecule has 80 valence electrons. The standard InChI is InChI=1S/C9H11N3O2S/c1-7-4-9(12-10-5-7)11-8-2-3-15(13,14)6-8/h2-5,8H,6H2,1H3,(H,11,12). The third-order valence-electron chi connectivity index (χ3n) is 2.05. The summed E-state index contributed by atoms with van der Waals surface area (Å²) in [6.45, 7) is 1.90. The van der Waals surface area contributed by atoms with E-state index < -0.39 is 9.84 Å². The third kappa shape index (κ3) is 2.53. The number of hydrogen-bond donors (Lipinski definition) is 1. The predicted molar refractivity (Wildman–Crippen MR) is 57.1 cm³/mol. The van der Waals surface area contributed by atoms with Crippen molar-refractivity contribution in [3.05, 3.63) is 29.3 Å². The first-order valence-corrected chi connectivity index (χ1v) is 6.23. The van der Waals surface area contributed by atoms with Crippen molar-refractivity contribution in [1.82, 2.24) is 10.2 Å². The Labute approximate surface area is 88.1 Å². The van der Waals surface area contributed by atoms with Crippen molar-refractivity contribution in [1.29, 1.82) is 0 Å². The van der Waals surface area contributed by atoms with Crippen molar-refractivity contribution >= 4 is 15.7 Å². The summed E-state index contributed by atoms with van der Waals surface area (Å²) in [5, 5.41) is 11.9. The second-order valence-corrected chi connectivity index (χ2v) is 5.46. The van der Waals surface area contributed by atoms with Crippen LogP contribution >= 0.6 is 0 Å². The summed E-state index contributed by atoms with van der Waals surface area (Å²) >= 11 is 0. The van der Waals surface area contributed by atoms with Gasteiger partial charge >= 0.3 is 0 Å². The molecule has 1 aliphatic rings. The van der Waals surface area contributed by atoms with E-state index in [1.54, 1.807) is 12.3 Å². The van der Waals surface area contributed by atoms with Crippen molar-refractivity contribution in [2.75, 3.05) is 11.1 Å². The Kier molecular flexibility index (Phi) is 2.44. The largest absolute Gasteiger partial charge is 0.361 e. The van der Waals surface area contributed by atoms with Gasteiger partial charge in [0.25, 0.3) is 0 Å². The minimum absolute atomic E-state index is 0.0859. The Hall–Kier alpha value is -1.43. The van der Waals surface area contributed by atoms with Crippen LogP contribution in [0.4, 0.5) is 5.82 Å². The van der Waals surface area contributed by atoms with Crippen LogP contribution in [0.3, 0.4) is 0 Å². The van der Waals surface area contributed by atoms with Crippen LogP contribution in [0.5, 0.6) is 0 Å². The summed E-state index contributed by atoms with van der Waals surface area (Å²) in [6, 6.07) is 1.62. The number of nitrogens with one attached hydrogen (secondary N) is 1. The van der Waals surface area contributed by atoms with Crippen LogP contribution in [0, 0.1) is 6.92 Å². The molecule has 1 aromatic heterocycles. The van der Waals surface area contributed by atoms with Gasteiger partial charge in [-0.25, -0.2) is 8.42 Å². The highest BCUT2D eigenvalue weighted by Gasteiger charge is 2.21. The van der Waals surface area contributed by atoms with Gasteiger partial charge in [0, 0.05) is 5.41 Å². The second kappa shape index (κ2) is 3.62. The quantitative estimate of drug-likeness (QED) is 0.794. The van der Waals surface area contributed by atoms with E-state index in [0.717, 1.165) is 5.56 Å². The summed E-state index contributed by atoms with van der Waals surface area (Å²) < 4.78 is 22.3. The molecule has 1 aromatic rings. The average molecular weight is 225 g/mol. The maximum Gasteiger partial charge on any atom is 0.173 e. The summed E-state index contributed by atoms with van der Waals surface area (Å²) in [4.78, 5) is 0. The van der Waals surface area contributed by atoms with Gasteiger partial charge in [-0.3, -0.25) is 0 Å². The van der Waals surface area contributed by atoms with E-state index in [0.29, 0.717) is 5.82 Å². The van der Waals surface area contributed by atoms with Crippen molar-refractivity contribution < 1.29 is 8.42 Å². The van der Waals surface area contributed by atoms with Crippen molar-refractivity contribution in [3.63, 3.8) is 0 Å². The molecule has 0 spiro atoms. The van der Waals surface area contributed by atoms with Crippen LogP contribution in [-0.2, 0) is 9.84 Å². The van der Waals surface area contributed by atoms with Gasteiger partial charge in [0.1, 0.15) is 5.82 Å². The molecule has 0 saturated heterocycles. The van der Waals surface area contributed by atoms with Crippen LogP contribution in [0.1, 0.15) is 5.56 Å². The maximum absolute atomic E-state index is 11.1. The Morgan fingerprint density at radius 1 is 1.53 bits per heavy atom. The van der Waals surface area contributed by atoms with Crippen LogP contribution in [0.2, 0.25) is 0 Å². The van der Waals surface area contributed by atoms with Gasteiger partial charge in [-0.2, -0.15) is 5.10 Å². The molecule has 6 heteroatoms. The lowest BCUT2D eigenvalue weighted by Crippen LogP contribution is -2.21. The van der Waals surface area contributed by atoms with Crippen LogP contribution in [0.25, 0.3) is 0 Å². The molecule has 1 aliphatic heterocycles. The molecule has 1 N–H and O–H groups in total. The van der Waals surface area contributed by atoms with E-state index in [-0.39, 0.29) is 11.8 Å². The summed E-state index contributed by atoms with van der Waals surface area (Å²) in [5.74, 6) is 0.685. The second-order valence-electron chi connectivity index (χ2n) is 3.53. The smallest absolute Gasteiger partial charge is 0.173 e. The zero-order valence-corrected chi connectivity index (χ0v) is 9.03. The van der Waals surface area contributed by atoms with Crippen LogP contribution in [-0.4, -0.2) is 30.4 Å². The topological polar surface area (TPSA) is 72.0 Å². The van der Waals surface area contributed by atoms with E-state index >= 15 is 0 Å². The van der Waals surface area contributed by atoms with Gasteiger partial charge in [0.05, 0.1) is 18.0 Å². The monoisotopic (exact) mass is 225 g/mol. The number of nitrogens with zero attached hydrogens (tertiary/aromatic N) is 2. The van der Waals surface area contributed by atoms with Crippen molar-refractivity contribution in [2.45, 2.75) is 13.0 Å². The molecule has 0 saturated carbocycles. The minimum Gasteiger partial charge on any atom is -0.361 e. The van der Waals surface area contributed by atoms with Crippen LogP contribution in [0.15, 0.2) is 23.7 Å². The Morgan fingerprint density at radius 3 is 2.93 bits per heavy atom. The molecule has 5 nitrogen and oxygen atoms in total.